The number of aromatic nitrogens is 1. The predicted octanol–water partition coefficient (Wildman–Crippen LogP) is 3.27. The van der Waals surface area contributed by atoms with E-state index in [2.05, 4.69) is 10.2 Å². The van der Waals surface area contributed by atoms with Gasteiger partial charge in [-0.05, 0) is 25.0 Å². The van der Waals surface area contributed by atoms with Crippen LogP contribution in [0.25, 0.3) is 10.2 Å². The van der Waals surface area contributed by atoms with Crippen LogP contribution in [0.3, 0.4) is 0 Å². The Morgan fingerprint density at radius 3 is 2.50 bits per heavy atom. The summed E-state index contributed by atoms with van der Waals surface area (Å²) in [6.45, 7) is 5.34. The number of carbonyl (C=O) groups is 3. The first-order chi connectivity index (χ1) is 15.5. The van der Waals surface area contributed by atoms with E-state index in [0.717, 1.165) is 62.9 Å². The number of pyridine rings is 1. The lowest BCUT2D eigenvalue weighted by molar-refractivity contribution is -0.130. The summed E-state index contributed by atoms with van der Waals surface area (Å²) >= 11 is 1.25. The molecule has 2 aliphatic rings. The number of carbonyl (C=O) groups excluding carboxylic acids is 3. The Morgan fingerprint density at radius 1 is 1.12 bits per heavy atom. The second-order valence-electron chi connectivity index (χ2n) is 8.56. The Kier molecular flexibility index (Phi) is 7.05. The average Bonchev–Trinajstić information content (AvgIpc) is 3.17. The molecule has 0 unspecified atom stereocenters. The fourth-order valence-electron chi connectivity index (χ4n) is 4.51. The minimum atomic E-state index is -0.464. The smallest absolute Gasteiger partial charge is 0.350 e. The molecule has 1 saturated heterocycles. The van der Waals surface area contributed by atoms with Gasteiger partial charge in [0.25, 0.3) is 0 Å². The van der Waals surface area contributed by atoms with Gasteiger partial charge in [-0.1, -0.05) is 19.3 Å². The van der Waals surface area contributed by atoms with Crippen LogP contribution in [0.2, 0.25) is 0 Å². The van der Waals surface area contributed by atoms with Gasteiger partial charge in [0, 0.05) is 51.0 Å². The third-order valence-corrected chi connectivity index (χ3v) is 7.49. The van der Waals surface area contributed by atoms with Gasteiger partial charge in [-0.15, -0.1) is 11.3 Å². The molecule has 2 aromatic heterocycles. The summed E-state index contributed by atoms with van der Waals surface area (Å²) in [7, 11) is 1.35. The molecule has 3 heterocycles. The molecule has 1 saturated carbocycles. The number of esters is 1. The first-order valence-corrected chi connectivity index (χ1v) is 12.1. The molecule has 0 aromatic carbocycles. The number of methoxy groups -OCH3 is 1. The zero-order valence-electron chi connectivity index (χ0n) is 18.7. The molecular weight excluding hydrogens is 428 g/mol. The molecule has 1 N–H and O–H groups in total. The number of nitrogens with zero attached hydrogens (tertiary/aromatic N) is 3. The first kappa shape index (κ1) is 22.7. The van der Waals surface area contributed by atoms with Crippen LogP contribution in [-0.4, -0.2) is 65.9 Å². The van der Waals surface area contributed by atoms with E-state index in [-0.39, 0.29) is 17.7 Å². The first-order valence-electron chi connectivity index (χ1n) is 11.3. The highest BCUT2D eigenvalue weighted by molar-refractivity contribution is 7.21. The van der Waals surface area contributed by atoms with Gasteiger partial charge in [0.15, 0.2) is 0 Å². The molecule has 0 bridgehead atoms. The standard InChI is InChI=1S/C23H30N4O4S/c1-15(28)27-12-10-26(11-13-27)14-17-8-9-18-19(20(23(30)31-2)32-22(18)24-17)25-21(29)16-6-4-3-5-7-16/h8-9,16H,3-7,10-14H2,1-2H3,(H,25,29). The summed E-state index contributed by atoms with van der Waals surface area (Å²) in [6.07, 6.45) is 5.09. The molecule has 9 heteroatoms. The molecule has 32 heavy (non-hydrogen) atoms. The fraction of sp³-hybridized carbons (Fsp3) is 0.565. The highest BCUT2D eigenvalue weighted by Crippen LogP contribution is 2.36. The number of fused-ring (bicyclic) bond motifs is 1. The van der Waals surface area contributed by atoms with E-state index >= 15 is 0 Å². The molecule has 2 fully saturated rings. The lowest BCUT2D eigenvalue weighted by Gasteiger charge is -2.33. The van der Waals surface area contributed by atoms with Crippen molar-refractivity contribution in [2.24, 2.45) is 5.92 Å². The van der Waals surface area contributed by atoms with Crippen LogP contribution in [-0.2, 0) is 20.9 Å². The maximum absolute atomic E-state index is 12.9. The number of ether oxygens (including phenoxy) is 1. The molecule has 1 aliphatic carbocycles. The van der Waals surface area contributed by atoms with E-state index in [1.807, 2.05) is 17.0 Å². The van der Waals surface area contributed by atoms with Crippen molar-refractivity contribution >= 4 is 45.0 Å². The third kappa shape index (κ3) is 4.94. The zero-order chi connectivity index (χ0) is 22.7. The summed E-state index contributed by atoms with van der Waals surface area (Å²) in [5, 5.41) is 3.79. The maximum Gasteiger partial charge on any atom is 0.350 e. The van der Waals surface area contributed by atoms with Crippen molar-refractivity contribution in [3.8, 4) is 0 Å². The van der Waals surface area contributed by atoms with Gasteiger partial charge in [-0.25, -0.2) is 9.78 Å². The number of rotatable bonds is 5. The van der Waals surface area contributed by atoms with Crippen molar-refractivity contribution in [1.29, 1.82) is 0 Å². The molecule has 2 aromatic rings. The van der Waals surface area contributed by atoms with Crippen LogP contribution in [0.5, 0.6) is 0 Å². The van der Waals surface area contributed by atoms with Crippen molar-refractivity contribution in [3.63, 3.8) is 0 Å². The van der Waals surface area contributed by atoms with Gasteiger partial charge < -0.3 is 15.0 Å². The fourth-order valence-corrected chi connectivity index (χ4v) is 5.57. The molecule has 8 nitrogen and oxygen atoms in total. The predicted molar refractivity (Wildman–Crippen MR) is 124 cm³/mol. The molecule has 1 aliphatic heterocycles. The minimum absolute atomic E-state index is 0.00917. The summed E-state index contributed by atoms with van der Waals surface area (Å²) in [4.78, 5) is 46.8. The van der Waals surface area contributed by atoms with Crippen molar-refractivity contribution in [3.05, 3.63) is 22.7 Å². The third-order valence-electron chi connectivity index (χ3n) is 6.41. The summed E-state index contributed by atoms with van der Waals surface area (Å²) in [5.74, 6) is -0.387. The average molecular weight is 459 g/mol. The van der Waals surface area contributed by atoms with Gasteiger partial charge >= 0.3 is 5.97 Å². The van der Waals surface area contributed by atoms with Crippen LogP contribution in [0.1, 0.15) is 54.4 Å². The van der Waals surface area contributed by atoms with Crippen LogP contribution >= 0.6 is 11.3 Å². The lowest BCUT2D eigenvalue weighted by atomic mass is 9.88. The van der Waals surface area contributed by atoms with Crippen molar-refractivity contribution < 1.29 is 19.1 Å². The Labute approximate surface area is 191 Å². The van der Waals surface area contributed by atoms with Gasteiger partial charge in [-0.2, -0.15) is 0 Å². The number of piperazine rings is 1. The van der Waals surface area contributed by atoms with Crippen molar-refractivity contribution in [2.45, 2.75) is 45.6 Å². The number of hydrogen-bond acceptors (Lipinski definition) is 7. The molecule has 172 valence electrons. The number of anilines is 1. The van der Waals surface area contributed by atoms with Crippen LogP contribution in [0, 0.1) is 5.92 Å². The lowest BCUT2D eigenvalue weighted by Crippen LogP contribution is -2.47. The van der Waals surface area contributed by atoms with E-state index < -0.39 is 5.97 Å². The monoisotopic (exact) mass is 458 g/mol. The van der Waals surface area contributed by atoms with Gasteiger partial charge in [0.05, 0.1) is 18.5 Å². The van der Waals surface area contributed by atoms with E-state index in [0.29, 0.717) is 21.9 Å². The Hall–Kier alpha value is -2.52. The van der Waals surface area contributed by atoms with Gasteiger partial charge in [0.2, 0.25) is 11.8 Å². The topological polar surface area (TPSA) is 91.8 Å². The highest BCUT2D eigenvalue weighted by Gasteiger charge is 2.26. The number of nitrogens with one attached hydrogen (secondary N) is 1. The van der Waals surface area contributed by atoms with E-state index in [9.17, 15) is 14.4 Å². The molecule has 4 rings (SSSR count). The van der Waals surface area contributed by atoms with Crippen LogP contribution in [0.4, 0.5) is 5.69 Å². The van der Waals surface area contributed by atoms with Crippen molar-refractivity contribution in [2.75, 3.05) is 38.6 Å². The number of hydrogen-bond donors (Lipinski definition) is 1. The minimum Gasteiger partial charge on any atom is -0.465 e. The van der Waals surface area contributed by atoms with E-state index in [1.54, 1.807) is 6.92 Å². The van der Waals surface area contributed by atoms with E-state index in [4.69, 9.17) is 9.72 Å². The summed E-state index contributed by atoms with van der Waals surface area (Å²) in [5.41, 5.74) is 1.41. The Bertz CT molecular complexity index is 1010. The molecule has 2 amide bonds. The number of amides is 2. The normalized spacial score (nSPS) is 18.0. The quantitative estimate of drug-likeness (QED) is 0.692. The molecule has 0 atom stereocenters. The van der Waals surface area contributed by atoms with E-state index in [1.165, 1.54) is 24.9 Å². The largest absolute Gasteiger partial charge is 0.465 e. The van der Waals surface area contributed by atoms with Gasteiger partial charge in [-0.3, -0.25) is 14.5 Å². The second-order valence-corrected chi connectivity index (χ2v) is 9.56. The maximum atomic E-state index is 12.9. The van der Waals surface area contributed by atoms with Crippen LogP contribution in [0.15, 0.2) is 12.1 Å². The summed E-state index contributed by atoms with van der Waals surface area (Å²) < 4.78 is 4.97. The zero-order valence-corrected chi connectivity index (χ0v) is 19.5. The SMILES string of the molecule is COC(=O)c1sc2nc(CN3CCN(C(C)=O)CC3)ccc2c1NC(=O)C1CCCCC1. The molecule has 0 spiro atoms. The number of thiophene rings is 1. The molecular formula is C23H30N4O4S. The highest BCUT2D eigenvalue weighted by atomic mass is 32.1. The Balaban J connectivity index is 1.53. The van der Waals surface area contributed by atoms with Crippen molar-refractivity contribution in [1.82, 2.24) is 14.8 Å². The summed E-state index contributed by atoms with van der Waals surface area (Å²) in [6, 6.07) is 3.88. The van der Waals surface area contributed by atoms with Gasteiger partial charge in [0.1, 0.15) is 9.71 Å². The Morgan fingerprint density at radius 2 is 1.84 bits per heavy atom. The second kappa shape index (κ2) is 9.95. The molecule has 0 radical (unpaired) electrons. The van der Waals surface area contributed by atoms with Crippen LogP contribution < -0.4 is 5.32 Å².